The molecule has 1 aromatic heterocycles. The minimum absolute atomic E-state index is 0.0650. The van der Waals surface area contributed by atoms with Gasteiger partial charge in [-0.2, -0.15) is 0 Å². The number of aromatic nitrogens is 1. The second kappa shape index (κ2) is 4.65. The third kappa shape index (κ3) is 2.19. The maximum Gasteiger partial charge on any atom is 0.270 e. The molecule has 16 heavy (non-hydrogen) atoms. The maximum atomic E-state index is 12.0. The number of nitrogens with two attached hydrogens (primary N) is 1. The summed E-state index contributed by atoms with van der Waals surface area (Å²) in [5.74, 6) is 0.342. The van der Waals surface area contributed by atoms with Crippen molar-refractivity contribution in [1.29, 1.82) is 0 Å². The molecule has 1 aromatic rings. The molecule has 1 fully saturated rings. The number of nitrogens with one attached hydrogen (secondary N) is 1. The van der Waals surface area contributed by atoms with Gasteiger partial charge in [-0.25, -0.2) is 0 Å². The van der Waals surface area contributed by atoms with Crippen LogP contribution < -0.4 is 5.73 Å². The van der Waals surface area contributed by atoms with E-state index in [-0.39, 0.29) is 5.91 Å². The Labute approximate surface area is 104 Å². The van der Waals surface area contributed by atoms with E-state index in [1.54, 1.807) is 11.0 Å². The zero-order chi connectivity index (χ0) is 11.7. The van der Waals surface area contributed by atoms with Crippen LogP contribution in [0.3, 0.4) is 0 Å². The fourth-order valence-electron chi connectivity index (χ4n) is 1.90. The Hall–Kier alpha value is -0.710. The van der Waals surface area contributed by atoms with Gasteiger partial charge in [-0.05, 0) is 24.9 Å². The first-order valence-corrected chi connectivity index (χ1v) is 5.90. The fourth-order valence-corrected chi connectivity index (χ4v) is 2.21. The molecule has 4 nitrogen and oxygen atoms in total. The van der Waals surface area contributed by atoms with Crippen LogP contribution in [0, 0.1) is 5.92 Å². The summed E-state index contributed by atoms with van der Waals surface area (Å²) in [7, 11) is 0. The van der Waals surface area contributed by atoms with Gasteiger partial charge in [0.1, 0.15) is 10.8 Å². The minimum atomic E-state index is -0.0650. The molecule has 6 heteroatoms. The SMILES string of the molecule is NCC1CCN(C(=O)c2cc(Cl)c(Cl)[nH]2)C1. The number of likely N-dealkylation sites (tertiary alicyclic amines) is 1. The molecule has 0 saturated carbocycles. The Morgan fingerprint density at radius 3 is 2.88 bits per heavy atom. The van der Waals surface area contributed by atoms with Gasteiger partial charge in [0.15, 0.2) is 0 Å². The van der Waals surface area contributed by atoms with Crippen molar-refractivity contribution < 1.29 is 4.79 Å². The molecule has 0 bridgehead atoms. The van der Waals surface area contributed by atoms with Gasteiger partial charge < -0.3 is 15.6 Å². The van der Waals surface area contributed by atoms with E-state index in [0.29, 0.717) is 34.9 Å². The largest absolute Gasteiger partial charge is 0.340 e. The molecule has 1 amide bonds. The number of carbonyl (C=O) groups is 1. The van der Waals surface area contributed by atoms with Crippen molar-refractivity contribution >= 4 is 29.1 Å². The molecule has 0 aliphatic carbocycles. The van der Waals surface area contributed by atoms with Crippen molar-refractivity contribution in [1.82, 2.24) is 9.88 Å². The topological polar surface area (TPSA) is 62.1 Å². The van der Waals surface area contributed by atoms with Gasteiger partial charge in [0.2, 0.25) is 0 Å². The highest BCUT2D eigenvalue weighted by Crippen LogP contribution is 2.24. The quantitative estimate of drug-likeness (QED) is 0.852. The van der Waals surface area contributed by atoms with E-state index in [1.807, 2.05) is 0 Å². The van der Waals surface area contributed by atoms with Gasteiger partial charge in [0.05, 0.1) is 5.02 Å². The normalized spacial score (nSPS) is 20.4. The van der Waals surface area contributed by atoms with E-state index in [4.69, 9.17) is 28.9 Å². The highest BCUT2D eigenvalue weighted by atomic mass is 35.5. The monoisotopic (exact) mass is 261 g/mol. The van der Waals surface area contributed by atoms with Crippen LogP contribution in [0.25, 0.3) is 0 Å². The second-order valence-electron chi connectivity index (χ2n) is 3.99. The number of aromatic amines is 1. The van der Waals surface area contributed by atoms with E-state index in [0.717, 1.165) is 13.0 Å². The smallest absolute Gasteiger partial charge is 0.270 e. The summed E-state index contributed by atoms with van der Waals surface area (Å²) >= 11 is 11.5. The van der Waals surface area contributed by atoms with E-state index >= 15 is 0 Å². The number of amides is 1. The number of carbonyl (C=O) groups excluding carboxylic acids is 1. The lowest BCUT2D eigenvalue weighted by Gasteiger charge is -2.14. The van der Waals surface area contributed by atoms with Crippen molar-refractivity contribution in [2.45, 2.75) is 6.42 Å². The lowest BCUT2D eigenvalue weighted by atomic mass is 10.1. The number of hydrogen-bond donors (Lipinski definition) is 2. The summed E-state index contributed by atoms with van der Waals surface area (Å²) in [6.07, 6.45) is 0.963. The van der Waals surface area contributed by atoms with Crippen LogP contribution in [-0.2, 0) is 0 Å². The summed E-state index contributed by atoms with van der Waals surface area (Å²) in [5.41, 5.74) is 6.01. The Balaban J connectivity index is 2.08. The third-order valence-electron chi connectivity index (χ3n) is 2.86. The van der Waals surface area contributed by atoms with Gasteiger partial charge in [0, 0.05) is 13.1 Å². The minimum Gasteiger partial charge on any atom is -0.340 e. The van der Waals surface area contributed by atoms with Gasteiger partial charge in [-0.3, -0.25) is 4.79 Å². The van der Waals surface area contributed by atoms with Crippen LogP contribution in [-0.4, -0.2) is 35.4 Å². The molecule has 0 aromatic carbocycles. The fraction of sp³-hybridized carbons (Fsp3) is 0.500. The van der Waals surface area contributed by atoms with E-state index in [9.17, 15) is 4.79 Å². The molecule has 3 N–H and O–H groups in total. The van der Waals surface area contributed by atoms with Gasteiger partial charge in [-0.15, -0.1) is 0 Å². The Morgan fingerprint density at radius 1 is 1.62 bits per heavy atom. The van der Waals surface area contributed by atoms with Crippen molar-refractivity contribution in [2.24, 2.45) is 11.7 Å². The number of nitrogens with zero attached hydrogens (tertiary/aromatic N) is 1. The van der Waals surface area contributed by atoms with Gasteiger partial charge in [-0.1, -0.05) is 23.2 Å². The zero-order valence-corrected chi connectivity index (χ0v) is 10.2. The molecule has 1 aliphatic heterocycles. The third-order valence-corrected chi connectivity index (χ3v) is 3.55. The number of hydrogen-bond acceptors (Lipinski definition) is 2. The van der Waals surface area contributed by atoms with E-state index in [2.05, 4.69) is 4.98 Å². The summed E-state index contributed by atoms with van der Waals surface area (Å²) in [4.78, 5) is 16.5. The van der Waals surface area contributed by atoms with Crippen LogP contribution >= 0.6 is 23.2 Å². The summed E-state index contributed by atoms with van der Waals surface area (Å²) < 4.78 is 0. The molecule has 1 unspecified atom stereocenters. The molecular weight excluding hydrogens is 249 g/mol. The molecule has 88 valence electrons. The number of rotatable bonds is 2. The van der Waals surface area contributed by atoms with Crippen molar-refractivity contribution in [3.63, 3.8) is 0 Å². The van der Waals surface area contributed by atoms with Crippen molar-refractivity contribution in [3.8, 4) is 0 Å². The van der Waals surface area contributed by atoms with Crippen LogP contribution in [0.15, 0.2) is 6.07 Å². The molecule has 0 spiro atoms. The highest BCUT2D eigenvalue weighted by Gasteiger charge is 2.27. The molecule has 2 rings (SSSR count). The summed E-state index contributed by atoms with van der Waals surface area (Å²) in [5, 5.41) is 0.680. The average molecular weight is 262 g/mol. The second-order valence-corrected chi connectivity index (χ2v) is 4.77. The van der Waals surface area contributed by atoms with Crippen LogP contribution in [0.1, 0.15) is 16.9 Å². The van der Waals surface area contributed by atoms with Crippen molar-refractivity contribution in [2.75, 3.05) is 19.6 Å². The molecule has 1 saturated heterocycles. The number of halogens is 2. The van der Waals surface area contributed by atoms with Crippen LogP contribution in [0.5, 0.6) is 0 Å². The predicted octanol–water partition coefficient (Wildman–Crippen LogP) is 1.74. The van der Waals surface area contributed by atoms with Gasteiger partial charge in [0.25, 0.3) is 5.91 Å². The van der Waals surface area contributed by atoms with Crippen molar-refractivity contribution in [3.05, 3.63) is 21.9 Å². The lowest BCUT2D eigenvalue weighted by molar-refractivity contribution is 0.0782. The van der Waals surface area contributed by atoms with E-state index < -0.39 is 0 Å². The molecule has 0 radical (unpaired) electrons. The van der Waals surface area contributed by atoms with E-state index in [1.165, 1.54) is 0 Å². The molecule has 1 atom stereocenters. The van der Waals surface area contributed by atoms with Crippen LogP contribution in [0.2, 0.25) is 10.2 Å². The molecular formula is C10H13Cl2N3O. The maximum absolute atomic E-state index is 12.0. The lowest BCUT2D eigenvalue weighted by Crippen LogP contribution is -2.30. The first kappa shape index (κ1) is 11.8. The zero-order valence-electron chi connectivity index (χ0n) is 8.67. The Morgan fingerprint density at radius 2 is 2.38 bits per heavy atom. The molecule has 2 heterocycles. The first-order chi connectivity index (χ1) is 7.61. The molecule has 1 aliphatic rings. The highest BCUT2D eigenvalue weighted by molar-refractivity contribution is 6.41. The predicted molar refractivity (Wildman–Crippen MR) is 63.9 cm³/mol. The summed E-state index contributed by atoms with van der Waals surface area (Å²) in [6.45, 7) is 2.08. The van der Waals surface area contributed by atoms with Crippen LogP contribution in [0.4, 0.5) is 0 Å². The average Bonchev–Trinajstić information content (AvgIpc) is 2.86. The summed E-state index contributed by atoms with van der Waals surface area (Å²) in [6, 6.07) is 1.56. The first-order valence-electron chi connectivity index (χ1n) is 5.15. The van der Waals surface area contributed by atoms with Gasteiger partial charge >= 0.3 is 0 Å². The number of H-pyrrole nitrogens is 1. The standard InChI is InChI=1S/C10H13Cl2N3O/c11-7-3-8(14-9(7)12)10(16)15-2-1-6(4-13)5-15/h3,6,14H,1-2,4-5,13H2. The Kier molecular flexibility index (Phi) is 3.42. The Bertz CT molecular complexity index is 385.